The molecule has 4 unspecified atom stereocenters. The van der Waals surface area contributed by atoms with Crippen molar-refractivity contribution in [2.24, 2.45) is 23.7 Å². The number of hydrogen-bond donors (Lipinski definition) is 3. The Morgan fingerprint density at radius 2 is 0.889 bits per heavy atom. The normalized spacial score (nSPS) is 13.4. The molecule has 0 aliphatic heterocycles. The summed E-state index contributed by atoms with van der Waals surface area (Å²) in [6.45, 7) is 14.3. The van der Waals surface area contributed by atoms with Gasteiger partial charge in [-0.3, -0.25) is 14.4 Å². The van der Waals surface area contributed by atoms with Gasteiger partial charge < -0.3 is 15.3 Å². The molecule has 0 aliphatic rings. The van der Waals surface area contributed by atoms with Crippen LogP contribution in [0.3, 0.4) is 0 Å². The van der Waals surface area contributed by atoms with Gasteiger partial charge in [0.1, 0.15) is 0 Å². The first-order valence-corrected chi connectivity index (χ1v) is 14.3. The van der Waals surface area contributed by atoms with E-state index in [1.54, 1.807) is 0 Å². The number of carbonyl (C=O) groups is 3. The average molecular weight is 559 g/mol. The van der Waals surface area contributed by atoms with E-state index in [-0.39, 0.29) is 34.8 Å². The molecule has 0 aromatic carbocycles. The molecule has 0 saturated heterocycles. The molecule has 0 spiro atoms. The van der Waals surface area contributed by atoms with E-state index in [4.69, 9.17) is 15.3 Å². The minimum Gasteiger partial charge on any atom is -0.481 e. The summed E-state index contributed by atoms with van der Waals surface area (Å²) >= 11 is 0. The van der Waals surface area contributed by atoms with Crippen LogP contribution in [0.15, 0.2) is 0 Å². The Morgan fingerprint density at radius 3 is 1.11 bits per heavy atom. The standard InChI is InChI=1S/C11H22O2.2C9H18O2.Fe/c1-4-7-8-9(5-2)10(6-3)11(12)13;2*1-3-5-6-7-8(4-2)9(10)11;/h9-10H,4-8H2,1-3H3,(H,12,13);2*8H,3-7H2,1-2H3,(H,10,11);. The Labute approximate surface area is 232 Å². The van der Waals surface area contributed by atoms with Crippen molar-refractivity contribution >= 4 is 17.9 Å². The number of carboxylic acids is 3. The second-order valence-electron chi connectivity index (χ2n) is 9.54. The summed E-state index contributed by atoms with van der Waals surface area (Å²) in [6, 6.07) is 0. The summed E-state index contributed by atoms with van der Waals surface area (Å²) in [6.07, 6.45) is 15.1. The van der Waals surface area contributed by atoms with Crippen LogP contribution < -0.4 is 0 Å². The van der Waals surface area contributed by atoms with Gasteiger partial charge in [-0.15, -0.1) is 0 Å². The Morgan fingerprint density at radius 1 is 0.500 bits per heavy atom. The third-order valence-corrected chi connectivity index (χ3v) is 6.78. The van der Waals surface area contributed by atoms with Crippen LogP contribution in [0, 0.1) is 23.7 Å². The minimum atomic E-state index is -0.636. The molecule has 0 aromatic heterocycles. The van der Waals surface area contributed by atoms with Gasteiger partial charge in [-0.05, 0) is 44.4 Å². The first-order valence-electron chi connectivity index (χ1n) is 14.3. The fraction of sp³-hybridized carbons (Fsp3) is 0.897. The Kier molecular flexibility index (Phi) is 35.2. The fourth-order valence-electron chi connectivity index (χ4n) is 4.15. The number of rotatable bonds is 19. The molecule has 0 rings (SSSR count). The Hall–Kier alpha value is -1.07. The van der Waals surface area contributed by atoms with E-state index in [1.807, 2.05) is 20.8 Å². The van der Waals surface area contributed by atoms with E-state index in [9.17, 15) is 14.4 Å². The van der Waals surface area contributed by atoms with Crippen molar-refractivity contribution in [1.29, 1.82) is 0 Å². The first kappa shape index (κ1) is 42.0. The fourth-order valence-corrected chi connectivity index (χ4v) is 4.15. The monoisotopic (exact) mass is 558 g/mol. The molecule has 0 saturated carbocycles. The molecular weight excluding hydrogens is 500 g/mol. The predicted octanol–water partition coefficient (Wildman–Crippen LogP) is 8.67. The summed E-state index contributed by atoms with van der Waals surface area (Å²) in [4.78, 5) is 31.9. The van der Waals surface area contributed by atoms with Crippen molar-refractivity contribution in [3.05, 3.63) is 0 Å². The van der Waals surface area contributed by atoms with E-state index in [0.29, 0.717) is 5.92 Å². The van der Waals surface area contributed by atoms with Gasteiger partial charge in [-0.2, -0.15) is 0 Å². The third kappa shape index (κ3) is 24.6. The average Bonchev–Trinajstić information content (AvgIpc) is 2.82. The van der Waals surface area contributed by atoms with Crippen LogP contribution in [0.4, 0.5) is 0 Å². The topological polar surface area (TPSA) is 112 Å². The zero-order valence-corrected chi connectivity index (χ0v) is 25.4. The van der Waals surface area contributed by atoms with Crippen LogP contribution >= 0.6 is 0 Å². The van der Waals surface area contributed by atoms with Crippen LogP contribution in [0.2, 0.25) is 0 Å². The molecule has 0 radical (unpaired) electrons. The van der Waals surface area contributed by atoms with E-state index in [2.05, 4.69) is 27.7 Å². The van der Waals surface area contributed by atoms with Crippen LogP contribution in [0.5, 0.6) is 0 Å². The molecular formula is C29H58FeO6. The number of aliphatic carboxylic acids is 3. The van der Waals surface area contributed by atoms with E-state index in [1.165, 1.54) is 0 Å². The quantitative estimate of drug-likeness (QED) is 0.108. The number of carboxylic acid groups (broad SMARTS) is 3. The molecule has 0 bridgehead atoms. The summed E-state index contributed by atoms with van der Waals surface area (Å²) in [5.74, 6) is -1.86. The van der Waals surface area contributed by atoms with Gasteiger partial charge in [0.05, 0.1) is 17.8 Å². The second-order valence-corrected chi connectivity index (χ2v) is 9.54. The van der Waals surface area contributed by atoms with Gasteiger partial charge >= 0.3 is 17.9 Å². The maximum absolute atomic E-state index is 10.9. The molecule has 0 heterocycles. The zero-order chi connectivity index (χ0) is 27.6. The van der Waals surface area contributed by atoms with Crippen LogP contribution in [-0.2, 0) is 31.5 Å². The zero-order valence-electron chi connectivity index (χ0n) is 24.3. The summed E-state index contributed by atoms with van der Waals surface area (Å²) in [7, 11) is 0. The molecule has 6 nitrogen and oxygen atoms in total. The van der Waals surface area contributed by atoms with Gasteiger partial charge in [0.2, 0.25) is 0 Å². The molecule has 36 heavy (non-hydrogen) atoms. The van der Waals surface area contributed by atoms with E-state index >= 15 is 0 Å². The van der Waals surface area contributed by atoms with Crippen molar-refractivity contribution in [2.75, 3.05) is 0 Å². The number of unbranched alkanes of at least 4 members (excludes halogenated alkanes) is 5. The smallest absolute Gasteiger partial charge is 0.306 e. The molecule has 3 N–H and O–H groups in total. The van der Waals surface area contributed by atoms with Crippen molar-refractivity contribution < 1.29 is 46.8 Å². The van der Waals surface area contributed by atoms with Crippen molar-refractivity contribution in [3.63, 3.8) is 0 Å². The van der Waals surface area contributed by atoms with Gasteiger partial charge in [-0.1, -0.05) is 106 Å². The maximum atomic E-state index is 10.9. The molecule has 218 valence electrons. The minimum absolute atomic E-state index is 0. The summed E-state index contributed by atoms with van der Waals surface area (Å²) in [5, 5.41) is 26.3. The molecule has 7 heteroatoms. The van der Waals surface area contributed by atoms with Gasteiger partial charge in [-0.25, -0.2) is 0 Å². The number of hydrogen-bond acceptors (Lipinski definition) is 3. The Balaban J connectivity index is -0.000000211. The van der Waals surface area contributed by atoms with Crippen molar-refractivity contribution in [1.82, 2.24) is 0 Å². The molecule has 0 aliphatic carbocycles. The Bertz CT molecular complexity index is 484. The maximum Gasteiger partial charge on any atom is 0.306 e. The van der Waals surface area contributed by atoms with Crippen LogP contribution in [-0.4, -0.2) is 33.2 Å². The first-order chi connectivity index (χ1) is 16.6. The van der Waals surface area contributed by atoms with Crippen molar-refractivity contribution in [3.8, 4) is 0 Å². The van der Waals surface area contributed by atoms with E-state index < -0.39 is 17.9 Å². The van der Waals surface area contributed by atoms with Crippen molar-refractivity contribution in [2.45, 2.75) is 145 Å². The molecule has 4 atom stereocenters. The van der Waals surface area contributed by atoms with Crippen LogP contribution in [0.1, 0.15) is 145 Å². The van der Waals surface area contributed by atoms with Gasteiger partial charge in [0.15, 0.2) is 0 Å². The SMILES string of the molecule is CCCCC(CC)C(CC)C(=O)O.CCCCCC(CC)C(=O)O.CCCCCC(CC)C(=O)O.[Fe]. The third-order valence-electron chi connectivity index (χ3n) is 6.78. The van der Waals surface area contributed by atoms with Gasteiger partial charge in [0.25, 0.3) is 0 Å². The van der Waals surface area contributed by atoms with Crippen LogP contribution in [0.25, 0.3) is 0 Å². The summed E-state index contributed by atoms with van der Waals surface area (Å²) in [5.41, 5.74) is 0. The molecule has 0 fully saturated rings. The summed E-state index contributed by atoms with van der Waals surface area (Å²) < 4.78 is 0. The molecule has 0 aromatic rings. The second kappa shape index (κ2) is 30.2. The predicted molar refractivity (Wildman–Crippen MR) is 146 cm³/mol. The molecule has 0 amide bonds. The largest absolute Gasteiger partial charge is 0.481 e. The van der Waals surface area contributed by atoms with E-state index in [0.717, 1.165) is 96.3 Å². The van der Waals surface area contributed by atoms with Gasteiger partial charge in [0, 0.05) is 17.1 Å².